The Morgan fingerprint density at radius 3 is 2.76 bits per heavy atom. The highest BCUT2D eigenvalue weighted by Crippen LogP contribution is 2.12. The summed E-state index contributed by atoms with van der Waals surface area (Å²) >= 11 is 5.21. The fourth-order valence-electron chi connectivity index (χ4n) is 2.51. The number of rotatable bonds is 7. The lowest BCUT2D eigenvalue weighted by Gasteiger charge is -2.13. The summed E-state index contributed by atoms with van der Waals surface area (Å²) in [4.78, 5) is 0. The van der Waals surface area contributed by atoms with Gasteiger partial charge in [0.15, 0.2) is 5.11 Å². The van der Waals surface area contributed by atoms with Crippen molar-refractivity contribution < 1.29 is 4.74 Å². The van der Waals surface area contributed by atoms with Crippen LogP contribution in [0.4, 0.5) is 0 Å². The molecule has 0 spiro atoms. The number of nitrogens with zero attached hydrogens (tertiary/aromatic N) is 3. The maximum atomic E-state index is 5.21. The highest BCUT2D eigenvalue weighted by molar-refractivity contribution is 7.80. The van der Waals surface area contributed by atoms with Crippen LogP contribution in [0.1, 0.15) is 29.4 Å². The van der Waals surface area contributed by atoms with Crippen molar-refractivity contribution in [1.29, 1.82) is 0 Å². The average Bonchev–Trinajstić information content (AvgIpc) is 2.83. The molecule has 1 aromatic carbocycles. The number of methoxy groups -OCH3 is 1. The summed E-state index contributed by atoms with van der Waals surface area (Å²) in [6.07, 6.45) is 1.76. The maximum Gasteiger partial charge on any atom is 0.187 e. The Morgan fingerprint density at radius 2 is 2.08 bits per heavy atom. The number of thiocarbonyl (C=S) groups is 1. The van der Waals surface area contributed by atoms with Gasteiger partial charge in [0.2, 0.25) is 0 Å². The molecule has 6 nitrogen and oxygen atoms in total. The zero-order valence-electron chi connectivity index (χ0n) is 15.1. The summed E-state index contributed by atoms with van der Waals surface area (Å²) in [6, 6.07) is 10.4. The molecule has 134 valence electrons. The van der Waals surface area contributed by atoms with E-state index in [-0.39, 0.29) is 6.04 Å². The van der Waals surface area contributed by atoms with Crippen molar-refractivity contribution in [2.45, 2.75) is 33.4 Å². The molecule has 2 aromatic rings. The number of hydrogen-bond donors (Lipinski definition) is 2. The van der Waals surface area contributed by atoms with Gasteiger partial charge in [-0.2, -0.15) is 10.2 Å². The SMILES string of the molecule is COC[C@H](C)NC(=S)N/N=C\c1c(C)nn(Cc2ccccc2)c1C. The number of aryl methyl sites for hydroxylation is 1. The number of hydrazone groups is 1. The molecule has 0 unspecified atom stereocenters. The van der Waals surface area contributed by atoms with E-state index in [9.17, 15) is 0 Å². The van der Waals surface area contributed by atoms with E-state index >= 15 is 0 Å². The van der Waals surface area contributed by atoms with Crippen molar-refractivity contribution in [3.63, 3.8) is 0 Å². The number of nitrogens with one attached hydrogen (secondary N) is 2. The van der Waals surface area contributed by atoms with E-state index in [4.69, 9.17) is 17.0 Å². The zero-order valence-corrected chi connectivity index (χ0v) is 15.9. The second kappa shape index (κ2) is 9.29. The Hall–Kier alpha value is -2.25. The summed E-state index contributed by atoms with van der Waals surface area (Å²) in [6.45, 7) is 7.33. The Labute approximate surface area is 154 Å². The van der Waals surface area contributed by atoms with Gasteiger partial charge in [0, 0.05) is 24.4 Å². The monoisotopic (exact) mass is 359 g/mol. The Morgan fingerprint density at radius 1 is 1.36 bits per heavy atom. The zero-order chi connectivity index (χ0) is 18.2. The smallest absolute Gasteiger partial charge is 0.187 e. The first-order chi connectivity index (χ1) is 12.0. The van der Waals surface area contributed by atoms with Gasteiger partial charge in [-0.3, -0.25) is 10.1 Å². The minimum absolute atomic E-state index is 0.122. The van der Waals surface area contributed by atoms with Crippen molar-refractivity contribution in [3.8, 4) is 0 Å². The summed E-state index contributed by atoms with van der Waals surface area (Å²) in [5.41, 5.74) is 7.05. The van der Waals surface area contributed by atoms with Crippen LogP contribution in [-0.2, 0) is 11.3 Å². The molecule has 0 saturated carbocycles. The molecule has 1 heterocycles. The molecule has 2 rings (SSSR count). The van der Waals surface area contributed by atoms with Gasteiger partial charge in [-0.15, -0.1) is 0 Å². The van der Waals surface area contributed by atoms with E-state index in [1.165, 1.54) is 5.56 Å². The van der Waals surface area contributed by atoms with Crippen LogP contribution in [0.5, 0.6) is 0 Å². The van der Waals surface area contributed by atoms with E-state index in [1.54, 1.807) is 13.3 Å². The molecule has 25 heavy (non-hydrogen) atoms. The predicted molar refractivity (Wildman–Crippen MR) is 105 cm³/mol. The molecule has 1 atom stereocenters. The number of hydrogen-bond acceptors (Lipinski definition) is 4. The molecule has 0 amide bonds. The van der Waals surface area contributed by atoms with Crippen LogP contribution in [0.3, 0.4) is 0 Å². The normalized spacial score (nSPS) is 12.3. The first kappa shape index (κ1) is 19.1. The van der Waals surface area contributed by atoms with Gasteiger partial charge in [0.25, 0.3) is 0 Å². The molecule has 0 bridgehead atoms. The van der Waals surface area contributed by atoms with Gasteiger partial charge in [-0.1, -0.05) is 30.3 Å². The highest BCUT2D eigenvalue weighted by Gasteiger charge is 2.10. The summed E-state index contributed by atoms with van der Waals surface area (Å²) < 4.78 is 7.05. The van der Waals surface area contributed by atoms with Gasteiger partial charge in [-0.25, -0.2) is 0 Å². The van der Waals surface area contributed by atoms with Crippen molar-refractivity contribution in [1.82, 2.24) is 20.5 Å². The van der Waals surface area contributed by atoms with Crippen LogP contribution in [-0.4, -0.2) is 40.9 Å². The fourth-order valence-corrected chi connectivity index (χ4v) is 2.76. The van der Waals surface area contributed by atoms with Crippen molar-refractivity contribution in [3.05, 3.63) is 52.8 Å². The fraction of sp³-hybridized carbons (Fsp3) is 0.389. The van der Waals surface area contributed by atoms with E-state index in [2.05, 4.69) is 33.1 Å². The third-order valence-corrected chi connectivity index (χ3v) is 3.98. The van der Waals surface area contributed by atoms with Crippen molar-refractivity contribution in [2.24, 2.45) is 5.10 Å². The Balaban J connectivity index is 1.99. The summed E-state index contributed by atoms with van der Waals surface area (Å²) in [5, 5.41) is 12.4. The van der Waals surface area contributed by atoms with Crippen LogP contribution < -0.4 is 10.7 Å². The number of aromatic nitrogens is 2. The van der Waals surface area contributed by atoms with Crippen LogP contribution in [0, 0.1) is 13.8 Å². The van der Waals surface area contributed by atoms with Crippen LogP contribution in [0.25, 0.3) is 0 Å². The quantitative estimate of drug-likeness (QED) is 0.451. The predicted octanol–water partition coefficient (Wildman–Crippen LogP) is 2.38. The second-order valence-electron chi connectivity index (χ2n) is 5.93. The van der Waals surface area contributed by atoms with Gasteiger partial charge >= 0.3 is 0 Å². The lowest BCUT2D eigenvalue weighted by molar-refractivity contribution is 0.179. The van der Waals surface area contributed by atoms with Gasteiger partial charge in [0.1, 0.15) is 0 Å². The molecule has 7 heteroatoms. The molecule has 2 N–H and O–H groups in total. The lowest BCUT2D eigenvalue weighted by Crippen LogP contribution is -2.40. The molecule has 0 radical (unpaired) electrons. The van der Waals surface area contributed by atoms with Gasteiger partial charge in [0.05, 0.1) is 25.1 Å². The van der Waals surface area contributed by atoms with Crippen LogP contribution in [0.2, 0.25) is 0 Å². The topological polar surface area (TPSA) is 63.5 Å². The summed E-state index contributed by atoms with van der Waals surface area (Å²) in [7, 11) is 1.66. The first-order valence-corrected chi connectivity index (χ1v) is 8.58. The average molecular weight is 359 g/mol. The number of benzene rings is 1. The maximum absolute atomic E-state index is 5.21. The standard InChI is InChI=1S/C18H25N5OS/c1-13(12-24-4)20-18(25)21-19-10-17-14(2)22-23(15(17)3)11-16-8-6-5-7-9-16/h5-10,13H,11-12H2,1-4H3,(H2,20,21,25)/b19-10-/t13-/m0/s1. The van der Waals surface area contributed by atoms with Gasteiger partial charge in [-0.05, 0) is 38.6 Å². The van der Waals surface area contributed by atoms with E-state index in [0.717, 1.165) is 23.5 Å². The molecule has 0 saturated heterocycles. The third-order valence-electron chi connectivity index (χ3n) is 3.77. The van der Waals surface area contributed by atoms with E-state index in [1.807, 2.05) is 43.7 Å². The van der Waals surface area contributed by atoms with Crippen LogP contribution >= 0.6 is 12.2 Å². The molecular weight excluding hydrogens is 334 g/mol. The molecule has 0 aliphatic carbocycles. The van der Waals surface area contributed by atoms with E-state index in [0.29, 0.717) is 11.7 Å². The number of ether oxygens (including phenoxy) is 1. The Kier molecular flexibility index (Phi) is 7.09. The second-order valence-corrected chi connectivity index (χ2v) is 6.34. The van der Waals surface area contributed by atoms with E-state index < -0.39 is 0 Å². The Bertz CT molecular complexity index is 727. The van der Waals surface area contributed by atoms with Crippen molar-refractivity contribution in [2.75, 3.05) is 13.7 Å². The minimum atomic E-state index is 0.122. The lowest BCUT2D eigenvalue weighted by atomic mass is 10.2. The molecular formula is C18H25N5OS. The molecule has 1 aromatic heterocycles. The minimum Gasteiger partial charge on any atom is -0.383 e. The third kappa shape index (κ3) is 5.65. The highest BCUT2D eigenvalue weighted by atomic mass is 32.1. The van der Waals surface area contributed by atoms with Crippen molar-refractivity contribution >= 4 is 23.5 Å². The first-order valence-electron chi connectivity index (χ1n) is 8.17. The molecule has 0 aliphatic rings. The molecule has 0 aliphatic heterocycles. The van der Waals surface area contributed by atoms with Crippen LogP contribution in [0.15, 0.2) is 35.4 Å². The van der Waals surface area contributed by atoms with Gasteiger partial charge < -0.3 is 10.1 Å². The molecule has 0 fully saturated rings. The summed E-state index contributed by atoms with van der Waals surface area (Å²) in [5.74, 6) is 0. The largest absolute Gasteiger partial charge is 0.383 e.